The molecule has 4 nitrogen and oxygen atoms in total. The van der Waals surface area contributed by atoms with Crippen molar-refractivity contribution in [3.63, 3.8) is 0 Å². The number of rotatable bonds is 2. The van der Waals surface area contributed by atoms with Crippen molar-refractivity contribution in [1.29, 1.82) is 0 Å². The summed E-state index contributed by atoms with van der Waals surface area (Å²) in [5.74, 6) is -0.237. The number of halogens is 1. The molecule has 5 heteroatoms. The minimum absolute atomic E-state index is 0.0916. The van der Waals surface area contributed by atoms with Gasteiger partial charge in [0.25, 0.3) is 5.91 Å². The number of carbonyl (C=O) groups is 1. The number of hydrogen-bond donors (Lipinski definition) is 0. The highest BCUT2D eigenvalue weighted by molar-refractivity contribution is 6.30. The molecule has 3 aromatic carbocycles. The molecule has 0 fully saturated rings. The van der Waals surface area contributed by atoms with Gasteiger partial charge in [0.2, 0.25) is 5.76 Å². The van der Waals surface area contributed by atoms with Gasteiger partial charge in [-0.05, 0) is 91.9 Å². The molecule has 32 heavy (non-hydrogen) atoms. The summed E-state index contributed by atoms with van der Waals surface area (Å²) >= 11 is 6.29. The van der Waals surface area contributed by atoms with Gasteiger partial charge in [-0.25, -0.2) is 0 Å². The molecule has 1 aliphatic heterocycles. The zero-order valence-electron chi connectivity index (χ0n) is 18.3. The van der Waals surface area contributed by atoms with Crippen LogP contribution >= 0.6 is 11.6 Å². The molecule has 0 bridgehead atoms. The Labute approximate surface area is 191 Å². The second-order valence-electron chi connectivity index (χ2n) is 8.51. The van der Waals surface area contributed by atoms with Crippen molar-refractivity contribution in [2.75, 3.05) is 4.90 Å². The van der Waals surface area contributed by atoms with E-state index in [0.29, 0.717) is 27.2 Å². The summed E-state index contributed by atoms with van der Waals surface area (Å²) in [5, 5.41) is 1.02. The fourth-order valence-corrected chi connectivity index (χ4v) is 4.56. The SMILES string of the molecule is Cc1ccc(N2C(=O)c3oc4cc(C)c(C)cc4c(=O)c3C2c2cccc(Cl)c2)cc1C. The second kappa shape index (κ2) is 7.35. The summed E-state index contributed by atoms with van der Waals surface area (Å²) in [6.45, 7) is 7.95. The Morgan fingerprint density at radius 1 is 0.844 bits per heavy atom. The Balaban J connectivity index is 1.84. The smallest absolute Gasteiger partial charge is 0.295 e. The van der Waals surface area contributed by atoms with Crippen LogP contribution in [0, 0.1) is 27.7 Å². The van der Waals surface area contributed by atoms with E-state index in [4.69, 9.17) is 16.0 Å². The van der Waals surface area contributed by atoms with E-state index >= 15 is 0 Å². The Bertz CT molecular complexity index is 1480. The lowest BCUT2D eigenvalue weighted by Crippen LogP contribution is -2.29. The standard InChI is InChI=1S/C27H22ClNO3/c1-14-8-9-20(10-15(14)2)29-24(18-6-5-7-19(28)13-18)23-25(30)21-11-16(3)17(4)12-22(21)32-26(23)27(29)31/h5-13,24H,1-4H3. The van der Waals surface area contributed by atoms with Crippen LogP contribution in [-0.2, 0) is 0 Å². The number of amides is 1. The van der Waals surface area contributed by atoms with Gasteiger partial charge in [-0.2, -0.15) is 0 Å². The van der Waals surface area contributed by atoms with Gasteiger partial charge in [-0.3, -0.25) is 14.5 Å². The molecule has 160 valence electrons. The minimum atomic E-state index is -0.624. The van der Waals surface area contributed by atoms with E-state index in [0.717, 1.165) is 27.8 Å². The third-order valence-corrected chi connectivity index (χ3v) is 6.65. The molecule has 0 saturated carbocycles. The maximum absolute atomic E-state index is 13.7. The fourth-order valence-electron chi connectivity index (χ4n) is 4.36. The number of carbonyl (C=O) groups excluding carboxylic acids is 1. The van der Waals surface area contributed by atoms with Crippen LogP contribution in [0.4, 0.5) is 5.69 Å². The minimum Gasteiger partial charge on any atom is -0.450 e. The van der Waals surface area contributed by atoms with Crippen LogP contribution in [0.2, 0.25) is 5.02 Å². The highest BCUT2D eigenvalue weighted by Gasteiger charge is 2.43. The van der Waals surface area contributed by atoms with E-state index in [1.165, 1.54) is 0 Å². The van der Waals surface area contributed by atoms with E-state index in [2.05, 4.69) is 0 Å². The van der Waals surface area contributed by atoms with Gasteiger partial charge in [0.15, 0.2) is 5.43 Å². The van der Waals surface area contributed by atoms with Crippen LogP contribution in [0.1, 0.15) is 50.0 Å². The summed E-state index contributed by atoms with van der Waals surface area (Å²) in [6, 6.07) is 16.2. The molecule has 1 atom stereocenters. The van der Waals surface area contributed by atoms with Crippen molar-refractivity contribution < 1.29 is 9.21 Å². The van der Waals surface area contributed by atoms with E-state index in [1.807, 2.05) is 70.2 Å². The first kappa shape index (κ1) is 20.5. The summed E-state index contributed by atoms with van der Waals surface area (Å²) in [4.78, 5) is 29.0. The molecular weight excluding hydrogens is 422 g/mol. The molecule has 4 aromatic rings. The average Bonchev–Trinajstić information content (AvgIpc) is 3.04. The largest absolute Gasteiger partial charge is 0.450 e. The Hall–Kier alpha value is -3.37. The van der Waals surface area contributed by atoms with Crippen LogP contribution in [0.25, 0.3) is 11.0 Å². The molecule has 0 aliphatic carbocycles. The van der Waals surface area contributed by atoms with Crippen molar-refractivity contribution in [2.45, 2.75) is 33.7 Å². The Kier molecular flexibility index (Phi) is 4.72. The molecule has 0 radical (unpaired) electrons. The van der Waals surface area contributed by atoms with Crippen LogP contribution in [0.15, 0.2) is 63.8 Å². The van der Waals surface area contributed by atoms with Crippen molar-refractivity contribution >= 4 is 34.2 Å². The average molecular weight is 444 g/mol. The van der Waals surface area contributed by atoms with Gasteiger partial charge >= 0.3 is 0 Å². The predicted octanol–water partition coefficient (Wildman–Crippen LogP) is 6.43. The van der Waals surface area contributed by atoms with Crippen molar-refractivity contribution in [2.24, 2.45) is 0 Å². The van der Waals surface area contributed by atoms with Gasteiger partial charge < -0.3 is 4.42 Å². The zero-order chi connectivity index (χ0) is 22.7. The Morgan fingerprint density at radius 3 is 2.28 bits per heavy atom. The quantitative estimate of drug-likeness (QED) is 0.358. The van der Waals surface area contributed by atoms with E-state index in [9.17, 15) is 9.59 Å². The topological polar surface area (TPSA) is 50.5 Å². The zero-order valence-corrected chi connectivity index (χ0v) is 19.1. The van der Waals surface area contributed by atoms with Crippen LogP contribution < -0.4 is 10.3 Å². The summed E-state index contributed by atoms with van der Waals surface area (Å²) < 4.78 is 6.10. The van der Waals surface area contributed by atoms with Crippen molar-refractivity contribution in [3.8, 4) is 0 Å². The molecule has 0 N–H and O–H groups in total. The maximum atomic E-state index is 13.7. The third-order valence-electron chi connectivity index (χ3n) is 6.42. The first-order chi connectivity index (χ1) is 15.3. The number of fused-ring (bicyclic) bond motifs is 2. The van der Waals surface area contributed by atoms with Gasteiger partial charge in [-0.15, -0.1) is 0 Å². The second-order valence-corrected chi connectivity index (χ2v) is 8.94. The molecule has 1 aliphatic rings. The van der Waals surface area contributed by atoms with Crippen LogP contribution in [-0.4, -0.2) is 5.91 Å². The van der Waals surface area contributed by atoms with Gasteiger partial charge in [-0.1, -0.05) is 29.8 Å². The highest BCUT2D eigenvalue weighted by Crippen LogP contribution is 2.42. The summed E-state index contributed by atoms with van der Waals surface area (Å²) in [7, 11) is 0. The third kappa shape index (κ3) is 3.06. The Morgan fingerprint density at radius 2 is 1.56 bits per heavy atom. The molecule has 0 saturated heterocycles. The number of aryl methyl sites for hydroxylation is 4. The lowest BCUT2D eigenvalue weighted by molar-refractivity contribution is 0.0971. The molecule has 0 spiro atoms. The van der Waals surface area contributed by atoms with Gasteiger partial charge in [0.1, 0.15) is 5.58 Å². The monoisotopic (exact) mass is 443 g/mol. The molecule has 1 amide bonds. The normalized spacial score (nSPS) is 15.5. The summed E-state index contributed by atoms with van der Waals surface area (Å²) in [5.41, 5.74) is 6.26. The predicted molar refractivity (Wildman–Crippen MR) is 128 cm³/mol. The van der Waals surface area contributed by atoms with E-state index in [-0.39, 0.29) is 17.1 Å². The highest BCUT2D eigenvalue weighted by atomic mass is 35.5. The van der Waals surface area contributed by atoms with Crippen LogP contribution in [0.3, 0.4) is 0 Å². The maximum Gasteiger partial charge on any atom is 0.295 e. The van der Waals surface area contributed by atoms with E-state index < -0.39 is 6.04 Å². The van der Waals surface area contributed by atoms with Crippen molar-refractivity contribution in [3.05, 3.63) is 109 Å². The molecule has 1 aromatic heterocycles. The molecule has 5 rings (SSSR count). The lowest BCUT2D eigenvalue weighted by atomic mass is 9.97. The molecule has 1 unspecified atom stereocenters. The van der Waals surface area contributed by atoms with Gasteiger partial charge in [0.05, 0.1) is 17.0 Å². The summed E-state index contributed by atoms with van der Waals surface area (Å²) in [6.07, 6.45) is 0. The molecule has 2 heterocycles. The van der Waals surface area contributed by atoms with Crippen molar-refractivity contribution in [1.82, 2.24) is 0 Å². The van der Waals surface area contributed by atoms with E-state index in [1.54, 1.807) is 17.0 Å². The molecular formula is C27H22ClNO3. The lowest BCUT2D eigenvalue weighted by Gasteiger charge is -2.26. The first-order valence-electron chi connectivity index (χ1n) is 10.5. The van der Waals surface area contributed by atoms with Gasteiger partial charge in [0, 0.05) is 10.7 Å². The van der Waals surface area contributed by atoms with Crippen LogP contribution in [0.5, 0.6) is 0 Å². The number of benzene rings is 3. The first-order valence-corrected chi connectivity index (χ1v) is 10.9. The number of nitrogens with zero attached hydrogens (tertiary/aromatic N) is 1. The number of anilines is 1. The fraction of sp³-hybridized carbons (Fsp3) is 0.185. The number of hydrogen-bond acceptors (Lipinski definition) is 3.